The molecule has 1 aliphatic heterocycles. The number of esters is 1. The molecule has 7 nitrogen and oxygen atoms in total. The van der Waals surface area contributed by atoms with Crippen molar-refractivity contribution < 1.29 is 19.1 Å². The zero-order chi connectivity index (χ0) is 12.1. The van der Waals surface area contributed by atoms with Gasteiger partial charge in [0.25, 0.3) is 12.1 Å². The number of rotatable bonds is 5. The Morgan fingerprint density at radius 2 is 2.25 bits per heavy atom. The molecule has 1 aliphatic rings. The smallest absolute Gasteiger partial charge is 0.325 e. The summed E-state index contributed by atoms with van der Waals surface area (Å²) in [4.78, 5) is 33.1. The van der Waals surface area contributed by atoms with E-state index in [0.29, 0.717) is 6.42 Å². The molecule has 3 amide bonds. The first-order chi connectivity index (χ1) is 7.54. The molecule has 0 radical (unpaired) electrons. The molecule has 0 aromatic carbocycles. The monoisotopic (exact) mass is 229 g/mol. The second-order valence-electron chi connectivity index (χ2n) is 3.53. The summed E-state index contributed by atoms with van der Waals surface area (Å²) in [6.07, 6.45) is 0.964. The lowest BCUT2D eigenvalue weighted by Crippen LogP contribution is -2.40. The van der Waals surface area contributed by atoms with Gasteiger partial charge in [0.15, 0.2) is 0 Å². The van der Waals surface area contributed by atoms with Gasteiger partial charge < -0.3 is 10.5 Å². The molecule has 1 fully saturated rings. The number of unbranched alkanes of at least 4 members (excludes halogenated alkanes) is 1. The Morgan fingerprint density at radius 3 is 2.75 bits per heavy atom. The first-order valence-electron chi connectivity index (χ1n) is 5.12. The van der Waals surface area contributed by atoms with Crippen molar-refractivity contribution in [3.63, 3.8) is 0 Å². The van der Waals surface area contributed by atoms with Crippen LogP contribution in [0.15, 0.2) is 0 Å². The number of carbonyl (C=O) groups is 3. The SMILES string of the molecule is CCCC[C@H](N)C(=O)OC1NC(=O)NC1=O. The summed E-state index contributed by atoms with van der Waals surface area (Å²) in [6.45, 7) is 1.97. The van der Waals surface area contributed by atoms with E-state index in [4.69, 9.17) is 10.5 Å². The molecule has 0 aromatic heterocycles. The number of hydrogen-bond donors (Lipinski definition) is 3. The number of imide groups is 1. The van der Waals surface area contributed by atoms with E-state index < -0.39 is 30.2 Å². The highest BCUT2D eigenvalue weighted by Crippen LogP contribution is 2.03. The molecule has 16 heavy (non-hydrogen) atoms. The molecule has 4 N–H and O–H groups in total. The maximum Gasteiger partial charge on any atom is 0.325 e. The Labute approximate surface area is 92.7 Å². The van der Waals surface area contributed by atoms with Gasteiger partial charge in [-0.2, -0.15) is 0 Å². The molecule has 7 heteroatoms. The Hall–Kier alpha value is -1.63. The Morgan fingerprint density at radius 1 is 1.56 bits per heavy atom. The normalized spacial score (nSPS) is 21.2. The van der Waals surface area contributed by atoms with Gasteiger partial charge in [0.05, 0.1) is 0 Å². The average Bonchev–Trinajstić information content (AvgIpc) is 2.53. The average molecular weight is 229 g/mol. The minimum absolute atomic E-state index is 0.498. The Balaban J connectivity index is 2.39. The fraction of sp³-hybridized carbons (Fsp3) is 0.667. The van der Waals surface area contributed by atoms with Gasteiger partial charge >= 0.3 is 12.0 Å². The maximum atomic E-state index is 11.4. The molecule has 1 heterocycles. The van der Waals surface area contributed by atoms with E-state index >= 15 is 0 Å². The highest BCUT2D eigenvalue weighted by atomic mass is 16.6. The van der Waals surface area contributed by atoms with Gasteiger partial charge in [-0.25, -0.2) is 4.79 Å². The molecule has 2 atom stereocenters. The van der Waals surface area contributed by atoms with Crippen molar-refractivity contribution in [2.75, 3.05) is 0 Å². The summed E-state index contributed by atoms with van der Waals surface area (Å²) in [5.41, 5.74) is 5.54. The number of amides is 3. The van der Waals surface area contributed by atoms with E-state index in [-0.39, 0.29) is 0 Å². The van der Waals surface area contributed by atoms with Gasteiger partial charge in [-0.15, -0.1) is 0 Å². The van der Waals surface area contributed by atoms with Crippen LogP contribution in [0.25, 0.3) is 0 Å². The molecular formula is C9H15N3O4. The van der Waals surface area contributed by atoms with E-state index in [2.05, 4.69) is 5.32 Å². The van der Waals surface area contributed by atoms with Gasteiger partial charge in [-0.1, -0.05) is 19.8 Å². The zero-order valence-corrected chi connectivity index (χ0v) is 8.99. The summed E-state index contributed by atoms with van der Waals surface area (Å²) in [7, 11) is 0. The van der Waals surface area contributed by atoms with Crippen LogP contribution >= 0.6 is 0 Å². The highest BCUT2D eigenvalue weighted by Gasteiger charge is 2.33. The van der Waals surface area contributed by atoms with Crippen LogP contribution in [0.1, 0.15) is 26.2 Å². The van der Waals surface area contributed by atoms with E-state index in [1.54, 1.807) is 0 Å². The van der Waals surface area contributed by atoms with Crippen molar-refractivity contribution in [2.24, 2.45) is 5.73 Å². The van der Waals surface area contributed by atoms with Crippen molar-refractivity contribution in [1.29, 1.82) is 0 Å². The van der Waals surface area contributed by atoms with Crippen LogP contribution in [0, 0.1) is 0 Å². The molecule has 90 valence electrons. The number of urea groups is 1. The second-order valence-corrected chi connectivity index (χ2v) is 3.53. The minimum atomic E-state index is -1.26. The molecule has 1 saturated heterocycles. The lowest BCUT2D eigenvalue weighted by atomic mass is 10.1. The fourth-order valence-corrected chi connectivity index (χ4v) is 1.23. The molecule has 1 rings (SSSR count). The molecular weight excluding hydrogens is 214 g/mol. The third kappa shape index (κ3) is 3.20. The summed E-state index contributed by atoms with van der Waals surface area (Å²) in [6, 6.07) is -1.44. The zero-order valence-electron chi connectivity index (χ0n) is 8.99. The van der Waals surface area contributed by atoms with E-state index in [1.165, 1.54) is 0 Å². The van der Waals surface area contributed by atoms with Crippen molar-refractivity contribution in [3.8, 4) is 0 Å². The molecule has 0 spiro atoms. The Bertz CT molecular complexity index is 305. The van der Waals surface area contributed by atoms with E-state index in [9.17, 15) is 14.4 Å². The first kappa shape index (κ1) is 12.4. The topological polar surface area (TPSA) is 111 Å². The van der Waals surface area contributed by atoms with Crippen LogP contribution in [0.2, 0.25) is 0 Å². The van der Waals surface area contributed by atoms with Crippen molar-refractivity contribution in [1.82, 2.24) is 10.6 Å². The highest BCUT2D eigenvalue weighted by molar-refractivity contribution is 6.04. The van der Waals surface area contributed by atoms with Crippen molar-refractivity contribution in [2.45, 2.75) is 38.5 Å². The molecule has 0 saturated carbocycles. The van der Waals surface area contributed by atoms with Gasteiger partial charge in [-0.05, 0) is 6.42 Å². The third-order valence-electron chi connectivity index (χ3n) is 2.14. The van der Waals surface area contributed by atoms with Crippen LogP contribution in [0.3, 0.4) is 0 Å². The minimum Gasteiger partial charge on any atom is -0.431 e. The number of nitrogens with two attached hydrogens (primary N) is 1. The quantitative estimate of drug-likeness (QED) is 0.422. The summed E-state index contributed by atoms with van der Waals surface area (Å²) in [5.74, 6) is -1.36. The van der Waals surface area contributed by atoms with Crippen LogP contribution < -0.4 is 16.4 Å². The van der Waals surface area contributed by atoms with Crippen molar-refractivity contribution in [3.05, 3.63) is 0 Å². The lowest BCUT2D eigenvalue weighted by Gasteiger charge is -2.13. The van der Waals surface area contributed by atoms with Crippen LogP contribution in [-0.2, 0) is 14.3 Å². The molecule has 0 aliphatic carbocycles. The predicted molar refractivity (Wildman–Crippen MR) is 54.1 cm³/mol. The Kier molecular flexibility index (Phi) is 4.24. The fourth-order valence-electron chi connectivity index (χ4n) is 1.23. The van der Waals surface area contributed by atoms with E-state index in [0.717, 1.165) is 12.8 Å². The van der Waals surface area contributed by atoms with Gasteiger partial charge in [0.2, 0.25) is 0 Å². The maximum absolute atomic E-state index is 11.4. The predicted octanol–water partition coefficient (Wildman–Crippen LogP) is -0.787. The summed E-state index contributed by atoms with van der Waals surface area (Å²) < 4.78 is 4.74. The lowest BCUT2D eigenvalue weighted by molar-refractivity contribution is -0.156. The number of carbonyl (C=O) groups excluding carboxylic acids is 3. The summed E-state index contributed by atoms with van der Waals surface area (Å²) in [5, 5.41) is 4.09. The molecule has 0 bridgehead atoms. The van der Waals surface area contributed by atoms with Crippen LogP contribution in [-0.4, -0.2) is 30.2 Å². The van der Waals surface area contributed by atoms with Crippen molar-refractivity contribution >= 4 is 17.9 Å². The van der Waals surface area contributed by atoms with Gasteiger partial charge in [0, 0.05) is 0 Å². The van der Waals surface area contributed by atoms with Gasteiger partial charge in [-0.3, -0.25) is 20.2 Å². The third-order valence-corrected chi connectivity index (χ3v) is 2.14. The van der Waals surface area contributed by atoms with Gasteiger partial charge in [0.1, 0.15) is 6.04 Å². The standard InChI is InChI=1S/C9H15N3O4/c1-2-3-4-5(10)8(14)16-7-6(13)11-9(15)12-7/h5,7H,2-4,10H2,1H3,(H2,11,12,13,15)/t5-,7?/m0/s1. The van der Waals surface area contributed by atoms with E-state index in [1.807, 2.05) is 12.2 Å². The largest absolute Gasteiger partial charge is 0.431 e. The number of hydrogen-bond acceptors (Lipinski definition) is 5. The van der Waals surface area contributed by atoms with Crippen LogP contribution in [0.4, 0.5) is 4.79 Å². The number of nitrogens with one attached hydrogen (secondary N) is 2. The second kappa shape index (κ2) is 5.45. The first-order valence-corrected chi connectivity index (χ1v) is 5.12. The molecule has 1 unspecified atom stereocenters. The summed E-state index contributed by atoms with van der Waals surface area (Å²) >= 11 is 0. The number of ether oxygens (including phenoxy) is 1. The molecule has 0 aromatic rings. The van der Waals surface area contributed by atoms with Crippen LogP contribution in [0.5, 0.6) is 0 Å².